The van der Waals surface area contributed by atoms with Gasteiger partial charge >= 0.3 is 0 Å². The van der Waals surface area contributed by atoms with Crippen molar-refractivity contribution >= 4 is 52.8 Å². The predicted octanol–water partition coefficient (Wildman–Crippen LogP) is 3.45. The Balaban J connectivity index is 1.96. The molecule has 1 heterocycles. The summed E-state index contributed by atoms with van der Waals surface area (Å²) in [6, 6.07) is 9.77. The first kappa shape index (κ1) is 21.9. The van der Waals surface area contributed by atoms with Gasteiger partial charge in [-0.1, -0.05) is 41.7 Å². The first-order chi connectivity index (χ1) is 13.3. The highest BCUT2D eigenvalue weighted by atomic mass is 35.6. The second-order valence-corrected chi connectivity index (χ2v) is 7.83. The largest absolute Gasteiger partial charge is 0.466 e. The average molecular weight is 444 g/mol. The molecule has 0 aliphatic heterocycles. The van der Waals surface area contributed by atoms with Crippen molar-refractivity contribution in [2.45, 2.75) is 23.4 Å². The minimum Gasteiger partial charge on any atom is -0.466 e. The molecule has 2 aromatic rings. The van der Waals surface area contributed by atoms with Gasteiger partial charge in [-0.05, 0) is 42.0 Å². The summed E-state index contributed by atoms with van der Waals surface area (Å²) in [5.74, 6) is -0.286. The summed E-state index contributed by atoms with van der Waals surface area (Å²) in [6.07, 6.45) is 3.58. The van der Waals surface area contributed by atoms with E-state index >= 15 is 0 Å². The number of hydrogen-bond acceptors (Lipinski definition) is 5. The molecule has 148 valence electrons. The zero-order valence-corrected chi connectivity index (χ0v) is 17.0. The molecule has 1 unspecified atom stereocenters. The smallest absolute Gasteiger partial charge is 0.271 e. The van der Waals surface area contributed by atoms with E-state index in [1.807, 2.05) is 0 Å². The minimum atomic E-state index is -1.85. The van der Waals surface area contributed by atoms with Crippen LogP contribution in [0.25, 0.3) is 0 Å². The number of hydrogen-bond donors (Lipinski definition) is 2. The van der Waals surface area contributed by atoms with E-state index in [2.05, 4.69) is 20.8 Å². The SMILES string of the molecule is CCC(=O)NC(Oc1ccc(/C=N/NC(=O)c2ccncc2)cc1)C(Cl)(Cl)Cl. The lowest BCUT2D eigenvalue weighted by Crippen LogP contribution is -2.47. The van der Waals surface area contributed by atoms with Gasteiger partial charge in [0.05, 0.1) is 6.21 Å². The maximum Gasteiger partial charge on any atom is 0.271 e. The summed E-state index contributed by atoms with van der Waals surface area (Å²) in [5.41, 5.74) is 3.56. The minimum absolute atomic E-state index is 0.223. The Hall–Kier alpha value is -2.35. The molecule has 1 aromatic heterocycles. The number of hydrazone groups is 1. The first-order valence-electron chi connectivity index (χ1n) is 8.16. The molecule has 2 N–H and O–H groups in total. The van der Waals surface area contributed by atoms with Crippen molar-refractivity contribution in [2.24, 2.45) is 5.10 Å². The van der Waals surface area contributed by atoms with E-state index in [-0.39, 0.29) is 18.2 Å². The molecule has 0 saturated heterocycles. The number of carbonyl (C=O) groups is 2. The number of alkyl halides is 3. The zero-order valence-electron chi connectivity index (χ0n) is 14.7. The number of rotatable bonds is 7. The van der Waals surface area contributed by atoms with E-state index in [1.54, 1.807) is 43.3 Å². The fraction of sp³-hybridized carbons (Fsp3) is 0.222. The van der Waals surface area contributed by atoms with Crippen LogP contribution < -0.4 is 15.5 Å². The fourth-order valence-corrected chi connectivity index (χ4v) is 2.23. The van der Waals surface area contributed by atoms with Gasteiger partial charge in [0, 0.05) is 24.4 Å². The quantitative estimate of drug-likeness (QED) is 0.297. The molecule has 0 aliphatic carbocycles. The molecular formula is C18H17Cl3N4O3. The van der Waals surface area contributed by atoms with Gasteiger partial charge in [-0.15, -0.1) is 0 Å². The molecule has 2 rings (SSSR count). The van der Waals surface area contributed by atoms with Crippen molar-refractivity contribution in [3.05, 3.63) is 59.9 Å². The molecule has 0 spiro atoms. The Bertz CT molecular complexity index is 824. The predicted molar refractivity (Wildman–Crippen MR) is 109 cm³/mol. The lowest BCUT2D eigenvalue weighted by Gasteiger charge is -2.26. The lowest BCUT2D eigenvalue weighted by molar-refractivity contribution is -0.123. The highest BCUT2D eigenvalue weighted by Gasteiger charge is 2.35. The van der Waals surface area contributed by atoms with Crippen LogP contribution in [0.2, 0.25) is 0 Å². The number of benzene rings is 1. The summed E-state index contributed by atoms with van der Waals surface area (Å²) < 4.78 is 3.71. The van der Waals surface area contributed by atoms with Crippen molar-refractivity contribution in [3.8, 4) is 5.75 Å². The van der Waals surface area contributed by atoms with Crippen molar-refractivity contribution in [2.75, 3.05) is 0 Å². The number of pyridine rings is 1. The Morgan fingerprint density at radius 1 is 1.18 bits per heavy atom. The lowest BCUT2D eigenvalue weighted by atomic mass is 10.2. The van der Waals surface area contributed by atoms with Gasteiger partial charge in [-0.25, -0.2) is 5.43 Å². The van der Waals surface area contributed by atoms with Gasteiger partial charge in [-0.3, -0.25) is 14.6 Å². The van der Waals surface area contributed by atoms with Crippen LogP contribution in [0.15, 0.2) is 53.9 Å². The number of halogens is 3. The molecule has 0 radical (unpaired) electrons. The van der Waals surface area contributed by atoms with Crippen LogP contribution in [0.3, 0.4) is 0 Å². The van der Waals surface area contributed by atoms with Gasteiger partial charge in [-0.2, -0.15) is 5.10 Å². The molecular weight excluding hydrogens is 427 g/mol. The van der Waals surface area contributed by atoms with E-state index in [0.717, 1.165) is 0 Å². The van der Waals surface area contributed by atoms with E-state index < -0.39 is 10.0 Å². The summed E-state index contributed by atoms with van der Waals surface area (Å²) >= 11 is 17.6. The molecule has 28 heavy (non-hydrogen) atoms. The fourth-order valence-electron chi connectivity index (χ4n) is 1.93. The van der Waals surface area contributed by atoms with Gasteiger partial charge in [0.15, 0.2) is 0 Å². The first-order valence-corrected chi connectivity index (χ1v) is 9.29. The van der Waals surface area contributed by atoms with Crippen LogP contribution in [0.4, 0.5) is 0 Å². The van der Waals surface area contributed by atoms with Crippen molar-refractivity contribution in [1.29, 1.82) is 0 Å². The molecule has 10 heteroatoms. The Morgan fingerprint density at radius 2 is 1.82 bits per heavy atom. The van der Waals surface area contributed by atoms with Crippen molar-refractivity contribution in [3.63, 3.8) is 0 Å². The summed E-state index contributed by atoms with van der Waals surface area (Å²) in [6.45, 7) is 1.67. The van der Waals surface area contributed by atoms with Crippen molar-refractivity contribution in [1.82, 2.24) is 15.7 Å². The third-order valence-corrected chi connectivity index (χ3v) is 3.96. The van der Waals surface area contributed by atoms with E-state index in [1.165, 1.54) is 18.6 Å². The van der Waals surface area contributed by atoms with Crippen LogP contribution in [0.1, 0.15) is 29.3 Å². The van der Waals surface area contributed by atoms with E-state index in [0.29, 0.717) is 16.9 Å². The number of aromatic nitrogens is 1. The second kappa shape index (κ2) is 10.3. The van der Waals surface area contributed by atoms with Gasteiger partial charge in [0.25, 0.3) is 5.91 Å². The highest BCUT2D eigenvalue weighted by Crippen LogP contribution is 2.32. The molecule has 2 amide bonds. The molecule has 7 nitrogen and oxygen atoms in total. The monoisotopic (exact) mass is 442 g/mol. The number of ether oxygens (including phenoxy) is 1. The molecule has 0 fully saturated rings. The van der Waals surface area contributed by atoms with Gasteiger partial charge in [0.2, 0.25) is 15.9 Å². The maximum absolute atomic E-state index is 11.9. The molecule has 1 atom stereocenters. The normalized spacial score (nSPS) is 12.4. The van der Waals surface area contributed by atoms with E-state index in [9.17, 15) is 9.59 Å². The van der Waals surface area contributed by atoms with Gasteiger partial charge in [0.1, 0.15) is 5.75 Å². The van der Waals surface area contributed by atoms with Crippen LogP contribution in [0, 0.1) is 0 Å². The third-order valence-electron chi connectivity index (χ3n) is 3.37. The molecule has 0 bridgehead atoms. The van der Waals surface area contributed by atoms with Crippen LogP contribution in [0.5, 0.6) is 5.75 Å². The number of amides is 2. The Kier molecular flexibility index (Phi) is 8.04. The Labute approximate surface area is 177 Å². The third kappa shape index (κ3) is 6.99. The van der Waals surface area contributed by atoms with Crippen LogP contribution in [-0.2, 0) is 4.79 Å². The maximum atomic E-state index is 11.9. The van der Waals surface area contributed by atoms with Crippen LogP contribution in [-0.4, -0.2) is 33.0 Å². The summed E-state index contributed by atoms with van der Waals surface area (Å²) in [5, 5.41) is 6.39. The number of nitrogens with one attached hydrogen (secondary N) is 2. The molecule has 0 aliphatic rings. The summed E-state index contributed by atoms with van der Waals surface area (Å²) in [7, 11) is 0. The average Bonchev–Trinajstić information content (AvgIpc) is 2.68. The van der Waals surface area contributed by atoms with Crippen molar-refractivity contribution < 1.29 is 14.3 Å². The van der Waals surface area contributed by atoms with Crippen LogP contribution >= 0.6 is 34.8 Å². The standard InChI is InChI=1S/C18H17Cl3N4O3/c1-2-15(26)24-17(18(19,20)21)28-14-5-3-12(4-6-14)11-23-25-16(27)13-7-9-22-10-8-13/h3-11,17H,2H2,1H3,(H,24,26)(H,25,27)/b23-11+. The Morgan fingerprint density at radius 3 is 2.39 bits per heavy atom. The number of nitrogens with zero attached hydrogens (tertiary/aromatic N) is 2. The van der Waals surface area contributed by atoms with Gasteiger partial charge < -0.3 is 10.1 Å². The molecule has 1 aromatic carbocycles. The molecule has 0 saturated carbocycles. The second-order valence-electron chi connectivity index (χ2n) is 5.46. The topological polar surface area (TPSA) is 92.7 Å². The zero-order chi connectivity index (χ0) is 20.6. The van der Waals surface area contributed by atoms with E-state index in [4.69, 9.17) is 39.5 Å². The highest BCUT2D eigenvalue weighted by molar-refractivity contribution is 6.68. The number of carbonyl (C=O) groups excluding carboxylic acids is 2. The summed E-state index contributed by atoms with van der Waals surface area (Å²) in [4.78, 5) is 27.3.